The van der Waals surface area contributed by atoms with Gasteiger partial charge in [0, 0.05) is 12.2 Å². The summed E-state index contributed by atoms with van der Waals surface area (Å²) in [4.78, 5) is 27.1. The zero-order chi connectivity index (χ0) is 19.4. The van der Waals surface area contributed by atoms with Crippen LogP contribution in [0.4, 0.5) is 4.79 Å². The monoisotopic (exact) mass is 375 g/mol. The normalized spacial score (nSPS) is 20.1. The van der Waals surface area contributed by atoms with Gasteiger partial charge in [0.25, 0.3) is 0 Å². The summed E-state index contributed by atoms with van der Waals surface area (Å²) in [5.41, 5.74) is 1.69. The number of hydrogen-bond acceptors (Lipinski definition) is 6. The number of nitrogens with zero attached hydrogens (tertiary/aromatic N) is 1. The number of amides is 2. The van der Waals surface area contributed by atoms with Crippen LogP contribution in [0.5, 0.6) is 11.5 Å². The largest absolute Gasteiger partial charge is 0.493 e. The van der Waals surface area contributed by atoms with Crippen molar-refractivity contribution in [1.82, 2.24) is 15.5 Å². The van der Waals surface area contributed by atoms with Gasteiger partial charge in [-0.15, -0.1) is 0 Å². The van der Waals surface area contributed by atoms with E-state index in [4.69, 9.17) is 14.2 Å². The van der Waals surface area contributed by atoms with Crippen molar-refractivity contribution in [2.24, 2.45) is 0 Å². The Labute approximate surface area is 158 Å². The standard InChI is InChI=1S/C19H25N3O5/c1-25-14-7-6-12(10-15(14)26-2)17-16(18(23)27-3)13(20-19(24)21-17)11-22-8-4-5-9-22/h6-7,10,17H,4-5,8-9,11H2,1-3H3,(H2,20,21,24)/t17-/m1/s1. The second-order valence-corrected chi connectivity index (χ2v) is 6.51. The quantitative estimate of drug-likeness (QED) is 0.734. The molecule has 8 heteroatoms. The van der Waals surface area contributed by atoms with Crippen LogP contribution >= 0.6 is 0 Å². The molecule has 2 heterocycles. The summed E-state index contributed by atoms with van der Waals surface area (Å²) in [5.74, 6) is 0.618. The predicted molar refractivity (Wildman–Crippen MR) is 98.7 cm³/mol. The Balaban J connectivity index is 2.02. The molecular formula is C19H25N3O5. The summed E-state index contributed by atoms with van der Waals surface area (Å²) in [6.07, 6.45) is 2.23. The van der Waals surface area contributed by atoms with Crippen LogP contribution in [-0.4, -0.2) is 57.9 Å². The highest BCUT2D eigenvalue weighted by molar-refractivity contribution is 5.95. The zero-order valence-electron chi connectivity index (χ0n) is 15.8. The molecule has 1 saturated heterocycles. The van der Waals surface area contributed by atoms with Gasteiger partial charge < -0.3 is 24.8 Å². The van der Waals surface area contributed by atoms with Crippen LogP contribution in [0.3, 0.4) is 0 Å². The first kappa shape index (κ1) is 19.0. The molecule has 2 N–H and O–H groups in total. The van der Waals surface area contributed by atoms with Gasteiger partial charge in [0.2, 0.25) is 0 Å². The number of carbonyl (C=O) groups is 2. The lowest BCUT2D eigenvalue weighted by Crippen LogP contribution is -2.48. The molecule has 1 atom stereocenters. The number of ether oxygens (including phenoxy) is 3. The summed E-state index contributed by atoms with van der Waals surface area (Å²) in [6, 6.07) is 4.32. The van der Waals surface area contributed by atoms with Crippen molar-refractivity contribution in [3.63, 3.8) is 0 Å². The Morgan fingerprint density at radius 1 is 1.15 bits per heavy atom. The maximum Gasteiger partial charge on any atom is 0.338 e. The SMILES string of the molecule is COC(=O)C1=C(CN2CCCC2)NC(=O)N[C@@H]1c1ccc(OC)c(OC)c1. The number of nitrogens with one attached hydrogen (secondary N) is 2. The average Bonchev–Trinajstić information content (AvgIpc) is 3.19. The van der Waals surface area contributed by atoms with Gasteiger partial charge in [0.05, 0.1) is 32.9 Å². The van der Waals surface area contributed by atoms with Crippen molar-refractivity contribution in [2.45, 2.75) is 18.9 Å². The molecule has 0 spiro atoms. The van der Waals surface area contributed by atoms with Crippen LogP contribution in [0.25, 0.3) is 0 Å². The highest BCUT2D eigenvalue weighted by Crippen LogP contribution is 2.34. The lowest BCUT2D eigenvalue weighted by molar-refractivity contribution is -0.136. The molecule has 2 aliphatic rings. The molecule has 146 valence electrons. The molecule has 27 heavy (non-hydrogen) atoms. The van der Waals surface area contributed by atoms with E-state index in [2.05, 4.69) is 15.5 Å². The fraction of sp³-hybridized carbons (Fsp3) is 0.474. The van der Waals surface area contributed by atoms with E-state index < -0.39 is 12.0 Å². The molecule has 2 aliphatic heterocycles. The summed E-state index contributed by atoms with van der Waals surface area (Å²) >= 11 is 0. The van der Waals surface area contributed by atoms with E-state index in [1.54, 1.807) is 32.4 Å². The lowest BCUT2D eigenvalue weighted by atomic mass is 9.94. The molecule has 0 saturated carbocycles. The molecule has 0 radical (unpaired) electrons. The molecule has 1 aromatic carbocycles. The second kappa shape index (κ2) is 8.30. The summed E-state index contributed by atoms with van der Waals surface area (Å²) < 4.78 is 15.6. The lowest BCUT2D eigenvalue weighted by Gasteiger charge is -2.31. The van der Waals surface area contributed by atoms with Crippen molar-refractivity contribution in [3.8, 4) is 11.5 Å². The fourth-order valence-corrected chi connectivity index (χ4v) is 3.54. The van der Waals surface area contributed by atoms with Gasteiger partial charge in [0.15, 0.2) is 11.5 Å². The predicted octanol–water partition coefficient (Wildman–Crippen LogP) is 1.58. The number of rotatable bonds is 6. The van der Waals surface area contributed by atoms with Gasteiger partial charge in [-0.05, 0) is 43.6 Å². The van der Waals surface area contributed by atoms with Crippen LogP contribution < -0.4 is 20.1 Å². The Bertz CT molecular complexity index is 756. The van der Waals surface area contributed by atoms with Gasteiger partial charge in [-0.1, -0.05) is 6.07 Å². The summed E-state index contributed by atoms with van der Waals surface area (Å²) in [5, 5.41) is 5.61. The van der Waals surface area contributed by atoms with Crippen molar-refractivity contribution in [3.05, 3.63) is 35.0 Å². The zero-order valence-corrected chi connectivity index (χ0v) is 15.8. The van der Waals surface area contributed by atoms with Gasteiger partial charge in [-0.25, -0.2) is 9.59 Å². The Morgan fingerprint density at radius 3 is 2.48 bits per heavy atom. The van der Waals surface area contributed by atoms with Crippen molar-refractivity contribution < 1.29 is 23.8 Å². The molecule has 0 unspecified atom stereocenters. The Morgan fingerprint density at radius 2 is 1.85 bits per heavy atom. The minimum Gasteiger partial charge on any atom is -0.493 e. The molecule has 8 nitrogen and oxygen atoms in total. The number of likely N-dealkylation sites (tertiary alicyclic amines) is 1. The van der Waals surface area contributed by atoms with Crippen molar-refractivity contribution in [1.29, 1.82) is 0 Å². The van der Waals surface area contributed by atoms with E-state index in [1.165, 1.54) is 7.11 Å². The maximum absolute atomic E-state index is 12.6. The number of esters is 1. The Hall–Kier alpha value is -2.74. The van der Waals surface area contributed by atoms with Crippen molar-refractivity contribution in [2.75, 3.05) is 41.0 Å². The van der Waals surface area contributed by atoms with Gasteiger partial charge in [0.1, 0.15) is 0 Å². The van der Waals surface area contributed by atoms with Gasteiger partial charge in [-0.2, -0.15) is 0 Å². The number of benzene rings is 1. The maximum atomic E-state index is 12.6. The molecule has 1 aromatic rings. The first-order valence-electron chi connectivity index (χ1n) is 8.90. The number of hydrogen-bond donors (Lipinski definition) is 2. The van der Waals surface area contributed by atoms with Crippen LogP contribution in [0.15, 0.2) is 29.5 Å². The molecular weight excluding hydrogens is 350 g/mol. The molecule has 0 bridgehead atoms. The second-order valence-electron chi connectivity index (χ2n) is 6.51. The third-order valence-corrected chi connectivity index (χ3v) is 4.88. The topological polar surface area (TPSA) is 89.1 Å². The first-order valence-corrected chi connectivity index (χ1v) is 8.90. The van der Waals surface area contributed by atoms with Crippen LogP contribution in [0.2, 0.25) is 0 Å². The summed E-state index contributed by atoms with van der Waals surface area (Å²) in [7, 11) is 4.43. The van der Waals surface area contributed by atoms with E-state index in [0.717, 1.165) is 25.9 Å². The fourth-order valence-electron chi connectivity index (χ4n) is 3.54. The van der Waals surface area contributed by atoms with Crippen molar-refractivity contribution >= 4 is 12.0 Å². The Kier molecular flexibility index (Phi) is 5.85. The van der Waals surface area contributed by atoms with E-state index in [9.17, 15) is 9.59 Å². The van der Waals surface area contributed by atoms with E-state index in [1.807, 2.05) is 0 Å². The number of urea groups is 1. The highest BCUT2D eigenvalue weighted by Gasteiger charge is 2.34. The third kappa shape index (κ3) is 4.00. The molecule has 3 rings (SSSR count). The minimum absolute atomic E-state index is 0.350. The van der Waals surface area contributed by atoms with E-state index in [0.29, 0.717) is 34.9 Å². The average molecular weight is 375 g/mol. The van der Waals surface area contributed by atoms with Crippen LogP contribution in [-0.2, 0) is 9.53 Å². The highest BCUT2D eigenvalue weighted by atomic mass is 16.5. The molecule has 0 aromatic heterocycles. The smallest absolute Gasteiger partial charge is 0.338 e. The molecule has 2 amide bonds. The molecule has 0 aliphatic carbocycles. The van der Waals surface area contributed by atoms with Gasteiger partial charge >= 0.3 is 12.0 Å². The van der Waals surface area contributed by atoms with E-state index >= 15 is 0 Å². The third-order valence-electron chi connectivity index (χ3n) is 4.88. The summed E-state index contributed by atoms with van der Waals surface area (Å²) in [6.45, 7) is 2.40. The molecule has 1 fully saturated rings. The first-order chi connectivity index (χ1) is 13.1. The number of methoxy groups -OCH3 is 3. The van der Waals surface area contributed by atoms with Crippen LogP contribution in [0.1, 0.15) is 24.4 Å². The minimum atomic E-state index is -0.636. The van der Waals surface area contributed by atoms with Crippen LogP contribution in [0, 0.1) is 0 Å². The number of carbonyl (C=O) groups excluding carboxylic acids is 2. The van der Waals surface area contributed by atoms with Gasteiger partial charge in [-0.3, -0.25) is 4.90 Å². The van der Waals surface area contributed by atoms with E-state index in [-0.39, 0.29) is 6.03 Å².